The Kier molecular flexibility index (Phi) is 6.47. The van der Waals surface area contributed by atoms with Gasteiger partial charge in [-0.15, -0.1) is 0 Å². The summed E-state index contributed by atoms with van der Waals surface area (Å²) in [5, 5.41) is 0. The van der Waals surface area contributed by atoms with Crippen molar-refractivity contribution < 1.29 is 4.74 Å². The molecule has 162 valence electrons. The van der Waals surface area contributed by atoms with Crippen molar-refractivity contribution in [3.05, 3.63) is 65.6 Å². The van der Waals surface area contributed by atoms with Crippen molar-refractivity contribution in [3.63, 3.8) is 0 Å². The van der Waals surface area contributed by atoms with E-state index in [0.29, 0.717) is 5.92 Å². The van der Waals surface area contributed by atoms with Crippen molar-refractivity contribution in [1.29, 1.82) is 0 Å². The van der Waals surface area contributed by atoms with Crippen molar-refractivity contribution in [2.24, 2.45) is 0 Å². The van der Waals surface area contributed by atoms with E-state index < -0.39 is 0 Å². The molecule has 3 heterocycles. The minimum atomic E-state index is 0.377. The first-order valence-corrected chi connectivity index (χ1v) is 10.9. The Bertz CT molecular complexity index is 1020. The third-order valence-corrected chi connectivity index (χ3v) is 5.93. The zero-order valence-corrected chi connectivity index (χ0v) is 18.9. The first-order valence-electron chi connectivity index (χ1n) is 10.9. The van der Waals surface area contributed by atoms with Gasteiger partial charge in [0.2, 0.25) is 0 Å². The lowest BCUT2D eigenvalue weighted by Gasteiger charge is -2.33. The highest BCUT2D eigenvalue weighted by atomic mass is 16.5. The number of piperidine rings is 1. The summed E-state index contributed by atoms with van der Waals surface area (Å²) >= 11 is 0. The molecule has 1 aliphatic rings. The van der Waals surface area contributed by atoms with E-state index in [-0.39, 0.29) is 0 Å². The Labute approximate surface area is 184 Å². The molecule has 31 heavy (non-hydrogen) atoms. The topological polar surface area (TPSA) is 54.4 Å². The highest BCUT2D eigenvalue weighted by molar-refractivity contribution is 5.57. The molecular formula is C25H31N5O. The molecule has 0 unspecified atom stereocenters. The van der Waals surface area contributed by atoms with Crippen molar-refractivity contribution in [2.45, 2.75) is 32.2 Å². The second kappa shape index (κ2) is 9.43. The molecule has 0 aliphatic carbocycles. The van der Waals surface area contributed by atoms with Gasteiger partial charge >= 0.3 is 0 Å². The van der Waals surface area contributed by atoms with E-state index in [1.165, 1.54) is 11.1 Å². The van der Waals surface area contributed by atoms with Gasteiger partial charge in [-0.2, -0.15) is 0 Å². The van der Waals surface area contributed by atoms with E-state index >= 15 is 0 Å². The molecule has 0 N–H and O–H groups in total. The van der Waals surface area contributed by atoms with Gasteiger partial charge in [-0.3, -0.25) is 9.88 Å². The zero-order valence-electron chi connectivity index (χ0n) is 18.9. The minimum Gasteiger partial charge on any atom is -0.496 e. The predicted molar refractivity (Wildman–Crippen MR) is 125 cm³/mol. The molecule has 0 radical (unpaired) electrons. The Hall–Kier alpha value is -2.99. The van der Waals surface area contributed by atoms with Gasteiger partial charge in [-0.1, -0.05) is 18.2 Å². The Morgan fingerprint density at radius 3 is 2.77 bits per heavy atom. The number of ether oxygens (including phenoxy) is 1. The smallest absolute Gasteiger partial charge is 0.163 e. The molecule has 0 spiro atoms. The fraction of sp³-hybridized carbons (Fsp3) is 0.400. The lowest BCUT2D eigenvalue weighted by atomic mass is 9.93. The highest BCUT2D eigenvalue weighted by Gasteiger charge is 2.25. The highest BCUT2D eigenvalue weighted by Crippen LogP contribution is 2.31. The first-order chi connectivity index (χ1) is 15.0. The van der Waals surface area contributed by atoms with Crippen LogP contribution in [0.1, 0.15) is 35.6 Å². The van der Waals surface area contributed by atoms with Crippen molar-refractivity contribution in [2.75, 3.05) is 39.2 Å². The molecule has 6 nitrogen and oxygen atoms in total. The maximum atomic E-state index is 5.68. The average Bonchev–Trinajstić information content (AvgIpc) is 2.80. The number of para-hydroxylation sites is 1. The third-order valence-electron chi connectivity index (χ3n) is 5.93. The van der Waals surface area contributed by atoms with Crippen molar-refractivity contribution in [3.8, 4) is 17.1 Å². The number of hydrogen-bond acceptors (Lipinski definition) is 6. The molecule has 1 atom stereocenters. The molecule has 0 saturated carbocycles. The van der Waals surface area contributed by atoms with Gasteiger partial charge in [-0.05, 0) is 44.0 Å². The number of hydrogen-bond donors (Lipinski definition) is 0. The van der Waals surface area contributed by atoms with Crippen LogP contribution in [-0.2, 0) is 6.54 Å². The van der Waals surface area contributed by atoms with E-state index in [1.54, 1.807) is 13.3 Å². The fourth-order valence-electron chi connectivity index (χ4n) is 4.33. The van der Waals surface area contributed by atoms with Crippen molar-refractivity contribution in [1.82, 2.24) is 19.9 Å². The van der Waals surface area contributed by atoms with Crippen LogP contribution in [0.4, 0.5) is 5.82 Å². The van der Waals surface area contributed by atoms with E-state index in [2.05, 4.69) is 41.1 Å². The van der Waals surface area contributed by atoms with Crippen LogP contribution >= 0.6 is 0 Å². The summed E-state index contributed by atoms with van der Waals surface area (Å²) in [6, 6.07) is 12.5. The molecule has 1 fully saturated rings. The zero-order chi connectivity index (χ0) is 21.8. The van der Waals surface area contributed by atoms with Crippen LogP contribution in [0.3, 0.4) is 0 Å². The normalized spacial score (nSPS) is 16.8. The lowest BCUT2D eigenvalue weighted by molar-refractivity contribution is 0.196. The second-order valence-corrected chi connectivity index (χ2v) is 8.45. The van der Waals surface area contributed by atoms with E-state index in [9.17, 15) is 0 Å². The van der Waals surface area contributed by atoms with Crippen LogP contribution in [0.5, 0.6) is 5.75 Å². The summed E-state index contributed by atoms with van der Waals surface area (Å²) in [7, 11) is 5.81. The number of nitrogens with zero attached hydrogens (tertiary/aromatic N) is 5. The third kappa shape index (κ3) is 4.85. The van der Waals surface area contributed by atoms with Crippen LogP contribution in [0.2, 0.25) is 0 Å². The summed E-state index contributed by atoms with van der Waals surface area (Å²) in [5.74, 6) is 3.05. The van der Waals surface area contributed by atoms with Crippen LogP contribution in [-0.4, -0.2) is 54.1 Å². The number of pyridine rings is 1. The van der Waals surface area contributed by atoms with E-state index in [0.717, 1.165) is 61.1 Å². The van der Waals surface area contributed by atoms with Crippen LogP contribution in [0.25, 0.3) is 11.4 Å². The van der Waals surface area contributed by atoms with Crippen LogP contribution < -0.4 is 9.64 Å². The fourth-order valence-corrected chi connectivity index (χ4v) is 4.33. The van der Waals surface area contributed by atoms with Gasteiger partial charge < -0.3 is 9.64 Å². The quantitative estimate of drug-likeness (QED) is 0.596. The number of aromatic nitrogens is 3. The summed E-state index contributed by atoms with van der Waals surface area (Å²) in [5.41, 5.74) is 4.49. The number of benzene rings is 1. The summed E-state index contributed by atoms with van der Waals surface area (Å²) in [4.78, 5) is 18.5. The van der Waals surface area contributed by atoms with Crippen molar-refractivity contribution >= 4 is 5.82 Å². The number of rotatable bonds is 6. The molecule has 0 amide bonds. The second-order valence-electron chi connectivity index (χ2n) is 8.45. The maximum Gasteiger partial charge on any atom is 0.163 e. The molecule has 1 aliphatic heterocycles. The summed E-state index contributed by atoms with van der Waals surface area (Å²) < 4.78 is 5.68. The number of aryl methyl sites for hydroxylation is 1. The molecule has 2 aromatic heterocycles. The summed E-state index contributed by atoms with van der Waals surface area (Å²) in [6.45, 7) is 5.07. The maximum absolute atomic E-state index is 5.68. The van der Waals surface area contributed by atoms with Gasteiger partial charge in [0.25, 0.3) is 0 Å². The van der Waals surface area contributed by atoms with Crippen LogP contribution in [0.15, 0.2) is 48.8 Å². The summed E-state index contributed by atoms with van der Waals surface area (Å²) in [6.07, 6.45) is 5.90. The van der Waals surface area contributed by atoms with E-state index in [1.807, 2.05) is 37.3 Å². The SMILES string of the molecule is COc1c(C)cccc1CN1CCC[C@H](c2cc(N(C)C)nc(-c3cccnc3)n2)C1. The number of methoxy groups -OCH3 is 1. The molecule has 4 rings (SSSR count). The number of anilines is 1. The van der Waals surface area contributed by atoms with Gasteiger partial charge in [0, 0.05) is 62.7 Å². The molecule has 1 saturated heterocycles. The average molecular weight is 418 g/mol. The van der Waals surface area contributed by atoms with Gasteiger partial charge in [0.05, 0.1) is 12.8 Å². The molecule has 0 bridgehead atoms. The molecule has 3 aromatic rings. The van der Waals surface area contributed by atoms with E-state index in [4.69, 9.17) is 14.7 Å². The molecular weight excluding hydrogens is 386 g/mol. The monoisotopic (exact) mass is 417 g/mol. The minimum absolute atomic E-state index is 0.377. The molecule has 6 heteroatoms. The lowest BCUT2D eigenvalue weighted by Crippen LogP contribution is -2.34. The largest absolute Gasteiger partial charge is 0.496 e. The predicted octanol–water partition coefficient (Wildman–Crippen LogP) is 4.30. The molecule has 1 aromatic carbocycles. The number of likely N-dealkylation sites (tertiary alicyclic amines) is 1. The van der Waals surface area contributed by atoms with Gasteiger partial charge in [0.1, 0.15) is 11.6 Å². The standard InChI is InChI=1S/C25H31N5O/c1-18-8-5-9-21(24(18)31-4)17-30-13-7-11-20(16-30)22-14-23(29(2)3)28-25(27-22)19-10-6-12-26-15-19/h5-6,8-10,12,14-15,20H,7,11,13,16-17H2,1-4H3/t20-/m0/s1. The van der Waals surface area contributed by atoms with Gasteiger partial charge in [-0.25, -0.2) is 9.97 Å². The Balaban J connectivity index is 1.59. The Morgan fingerprint density at radius 1 is 1.16 bits per heavy atom. The van der Waals surface area contributed by atoms with Gasteiger partial charge in [0.15, 0.2) is 5.82 Å². The Morgan fingerprint density at radius 2 is 2.03 bits per heavy atom. The first kappa shape index (κ1) is 21.2. The van der Waals surface area contributed by atoms with Crippen LogP contribution in [0, 0.1) is 6.92 Å².